The molecule has 0 aliphatic rings. The predicted molar refractivity (Wildman–Crippen MR) is 84.9 cm³/mol. The number of aromatic nitrogens is 2. The number of carbonyl (C=O) groups excluding carboxylic acids is 1. The minimum Gasteiger partial charge on any atom is -0.358 e. The maximum Gasteiger partial charge on any atom is 0.242 e. The number of hydrogen-bond acceptors (Lipinski definition) is 6. The van der Waals surface area contributed by atoms with Gasteiger partial charge in [0.15, 0.2) is 0 Å². The second-order valence-electron chi connectivity index (χ2n) is 6.01. The average molecular weight is 294 g/mol. The van der Waals surface area contributed by atoms with E-state index in [2.05, 4.69) is 26.0 Å². The molecule has 1 rings (SSSR count). The van der Waals surface area contributed by atoms with Crippen molar-refractivity contribution in [1.82, 2.24) is 15.3 Å². The quantitative estimate of drug-likeness (QED) is 0.467. The number of anilines is 2. The Morgan fingerprint density at radius 3 is 2.48 bits per heavy atom. The van der Waals surface area contributed by atoms with Crippen molar-refractivity contribution in [3.8, 4) is 0 Å². The molecule has 7 nitrogen and oxygen atoms in total. The summed E-state index contributed by atoms with van der Waals surface area (Å²) in [6, 6.07) is 1.30. The number of amides is 1. The van der Waals surface area contributed by atoms with Gasteiger partial charge in [0.2, 0.25) is 5.91 Å². The van der Waals surface area contributed by atoms with E-state index in [1.165, 1.54) is 0 Å². The van der Waals surface area contributed by atoms with Crippen LogP contribution >= 0.6 is 0 Å². The number of hydrogen-bond donors (Lipinski definition) is 4. The Kier molecular flexibility index (Phi) is 5.90. The Balaban J connectivity index is 2.89. The average Bonchev–Trinajstić information content (AvgIpc) is 2.43. The monoisotopic (exact) mass is 294 g/mol. The lowest BCUT2D eigenvalue weighted by Gasteiger charge is -2.20. The molecule has 1 heterocycles. The van der Waals surface area contributed by atoms with Crippen LogP contribution in [0.2, 0.25) is 0 Å². The molecule has 118 valence electrons. The zero-order valence-corrected chi connectivity index (χ0v) is 13.4. The van der Waals surface area contributed by atoms with Crippen molar-refractivity contribution in [2.45, 2.75) is 52.5 Å². The molecule has 7 heteroatoms. The van der Waals surface area contributed by atoms with Crippen molar-refractivity contribution in [2.75, 3.05) is 17.3 Å². The second kappa shape index (κ2) is 7.21. The number of hydrazine groups is 1. The van der Waals surface area contributed by atoms with Crippen LogP contribution in [0, 0.1) is 0 Å². The highest BCUT2D eigenvalue weighted by Crippen LogP contribution is 2.22. The molecule has 1 atom stereocenters. The zero-order valence-electron chi connectivity index (χ0n) is 13.4. The lowest BCUT2D eigenvalue weighted by atomic mass is 9.96. The molecule has 0 fully saturated rings. The highest BCUT2D eigenvalue weighted by atomic mass is 16.2. The SMILES string of the molecule is CCCNC(=O)C(C)Nc1cc(NN)nc(C(C)(C)C)n1. The molecule has 0 radical (unpaired) electrons. The molecular formula is C14H26N6O. The van der Waals surface area contributed by atoms with Crippen LogP contribution in [0.4, 0.5) is 11.6 Å². The summed E-state index contributed by atoms with van der Waals surface area (Å²) in [6.45, 7) is 10.5. The predicted octanol–water partition coefficient (Wildman–Crippen LogP) is 1.39. The lowest BCUT2D eigenvalue weighted by Crippen LogP contribution is -2.38. The van der Waals surface area contributed by atoms with Gasteiger partial charge in [-0.3, -0.25) is 4.79 Å². The van der Waals surface area contributed by atoms with Crippen LogP contribution in [0.3, 0.4) is 0 Å². The minimum absolute atomic E-state index is 0.0602. The standard InChI is InChI=1S/C14H26N6O/c1-6-7-16-12(21)9(2)17-10-8-11(20-15)19-13(18-10)14(3,4)5/h8-9H,6-7,15H2,1-5H3,(H,16,21)(H2,17,18,19,20). The van der Waals surface area contributed by atoms with E-state index in [1.54, 1.807) is 13.0 Å². The zero-order chi connectivity index (χ0) is 16.0. The van der Waals surface area contributed by atoms with E-state index in [1.807, 2.05) is 27.7 Å². The van der Waals surface area contributed by atoms with E-state index in [0.29, 0.717) is 24.0 Å². The Bertz CT molecular complexity index is 483. The van der Waals surface area contributed by atoms with E-state index >= 15 is 0 Å². The third kappa shape index (κ3) is 5.18. The molecule has 0 spiro atoms. The number of nitrogens with one attached hydrogen (secondary N) is 3. The highest BCUT2D eigenvalue weighted by molar-refractivity contribution is 5.83. The smallest absolute Gasteiger partial charge is 0.242 e. The first-order chi connectivity index (χ1) is 9.77. The molecule has 0 bridgehead atoms. The van der Waals surface area contributed by atoms with Gasteiger partial charge in [-0.05, 0) is 13.3 Å². The summed E-state index contributed by atoms with van der Waals surface area (Å²) in [7, 11) is 0. The maximum atomic E-state index is 11.9. The molecule has 0 aromatic carbocycles. The van der Waals surface area contributed by atoms with Gasteiger partial charge >= 0.3 is 0 Å². The number of nitrogens with zero attached hydrogens (tertiary/aromatic N) is 2. The molecule has 21 heavy (non-hydrogen) atoms. The molecule has 0 aliphatic carbocycles. The van der Waals surface area contributed by atoms with Crippen LogP contribution in [0.5, 0.6) is 0 Å². The van der Waals surface area contributed by atoms with E-state index in [9.17, 15) is 4.79 Å². The summed E-state index contributed by atoms with van der Waals surface area (Å²) in [5.41, 5.74) is 2.31. The van der Waals surface area contributed by atoms with Gasteiger partial charge in [-0.25, -0.2) is 15.8 Å². The maximum absolute atomic E-state index is 11.9. The molecule has 1 aromatic rings. The van der Waals surface area contributed by atoms with E-state index in [4.69, 9.17) is 5.84 Å². The molecule has 0 aliphatic heterocycles. The molecule has 1 aromatic heterocycles. The molecule has 1 amide bonds. The second-order valence-corrected chi connectivity index (χ2v) is 6.01. The fraction of sp³-hybridized carbons (Fsp3) is 0.643. The number of nitrogens with two attached hydrogens (primary N) is 1. The van der Waals surface area contributed by atoms with Gasteiger partial charge in [0.05, 0.1) is 0 Å². The van der Waals surface area contributed by atoms with E-state index < -0.39 is 0 Å². The van der Waals surface area contributed by atoms with Crippen molar-refractivity contribution in [3.63, 3.8) is 0 Å². The van der Waals surface area contributed by atoms with Crippen LogP contribution < -0.4 is 21.9 Å². The van der Waals surface area contributed by atoms with Gasteiger partial charge in [0.1, 0.15) is 23.5 Å². The Morgan fingerprint density at radius 1 is 1.33 bits per heavy atom. The minimum atomic E-state index is -0.384. The van der Waals surface area contributed by atoms with E-state index in [0.717, 1.165) is 6.42 Å². The molecule has 5 N–H and O–H groups in total. The van der Waals surface area contributed by atoms with E-state index in [-0.39, 0.29) is 17.4 Å². The summed E-state index contributed by atoms with van der Waals surface area (Å²) in [5.74, 6) is 7.12. The van der Waals surface area contributed by atoms with Gasteiger partial charge in [0, 0.05) is 18.0 Å². The third-order valence-corrected chi connectivity index (χ3v) is 2.85. The highest BCUT2D eigenvalue weighted by Gasteiger charge is 2.20. The lowest BCUT2D eigenvalue weighted by molar-refractivity contribution is -0.121. The summed E-state index contributed by atoms with van der Waals surface area (Å²) in [5, 5.41) is 5.92. The first-order valence-electron chi connectivity index (χ1n) is 7.18. The number of rotatable bonds is 6. The van der Waals surface area contributed by atoms with Crippen molar-refractivity contribution in [1.29, 1.82) is 0 Å². The number of carbonyl (C=O) groups is 1. The van der Waals surface area contributed by atoms with Crippen molar-refractivity contribution < 1.29 is 4.79 Å². The Labute approximate surface area is 126 Å². The van der Waals surface area contributed by atoms with Crippen molar-refractivity contribution in [2.24, 2.45) is 5.84 Å². The first-order valence-corrected chi connectivity index (χ1v) is 7.18. The van der Waals surface area contributed by atoms with Crippen molar-refractivity contribution >= 4 is 17.5 Å². The van der Waals surface area contributed by atoms with Gasteiger partial charge in [-0.2, -0.15) is 0 Å². The van der Waals surface area contributed by atoms with Crippen LogP contribution in [0.15, 0.2) is 6.07 Å². The summed E-state index contributed by atoms with van der Waals surface area (Å²) >= 11 is 0. The fourth-order valence-electron chi connectivity index (χ4n) is 1.62. The summed E-state index contributed by atoms with van der Waals surface area (Å²) in [6.07, 6.45) is 0.904. The van der Waals surface area contributed by atoms with Crippen LogP contribution in [0.25, 0.3) is 0 Å². The van der Waals surface area contributed by atoms with Gasteiger partial charge in [0.25, 0.3) is 0 Å². The van der Waals surface area contributed by atoms with Crippen LogP contribution in [-0.2, 0) is 10.2 Å². The Morgan fingerprint density at radius 2 is 1.95 bits per heavy atom. The summed E-state index contributed by atoms with van der Waals surface area (Å²) < 4.78 is 0. The molecular weight excluding hydrogens is 268 g/mol. The topological polar surface area (TPSA) is 105 Å². The normalized spacial score (nSPS) is 12.7. The van der Waals surface area contributed by atoms with Crippen LogP contribution in [0.1, 0.15) is 46.9 Å². The van der Waals surface area contributed by atoms with Gasteiger partial charge in [-0.1, -0.05) is 27.7 Å². The Hall–Kier alpha value is -1.89. The van der Waals surface area contributed by atoms with Gasteiger partial charge in [-0.15, -0.1) is 0 Å². The first kappa shape index (κ1) is 17.2. The largest absolute Gasteiger partial charge is 0.358 e. The third-order valence-electron chi connectivity index (χ3n) is 2.85. The van der Waals surface area contributed by atoms with Crippen molar-refractivity contribution in [3.05, 3.63) is 11.9 Å². The number of nitrogen functional groups attached to an aromatic ring is 1. The van der Waals surface area contributed by atoms with Gasteiger partial charge < -0.3 is 16.1 Å². The fourth-order valence-corrected chi connectivity index (χ4v) is 1.62. The molecule has 1 unspecified atom stereocenters. The summed E-state index contributed by atoms with van der Waals surface area (Å²) in [4.78, 5) is 20.7. The van der Waals surface area contributed by atoms with Crippen LogP contribution in [-0.4, -0.2) is 28.5 Å². The molecule has 0 saturated carbocycles. The molecule has 0 saturated heterocycles.